The summed E-state index contributed by atoms with van der Waals surface area (Å²) in [5, 5.41) is 14.0. The third-order valence-electron chi connectivity index (χ3n) is 3.71. The maximum atomic E-state index is 11.9. The highest BCUT2D eigenvalue weighted by molar-refractivity contribution is 5.91. The van der Waals surface area contributed by atoms with E-state index in [1.807, 2.05) is 0 Å². The van der Waals surface area contributed by atoms with Gasteiger partial charge in [-0.1, -0.05) is 19.1 Å². The van der Waals surface area contributed by atoms with Crippen LogP contribution >= 0.6 is 0 Å². The van der Waals surface area contributed by atoms with Gasteiger partial charge in [-0.15, -0.1) is 5.10 Å². The van der Waals surface area contributed by atoms with Crippen molar-refractivity contribution in [1.29, 1.82) is 0 Å². The third kappa shape index (κ3) is 3.77. The minimum Gasteiger partial charge on any atom is -0.351 e. The minimum absolute atomic E-state index is 0.136. The molecule has 0 aromatic carbocycles. The predicted molar refractivity (Wildman–Crippen MR) is 76.7 cm³/mol. The number of hydrogen-bond donors (Lipinski definition) is 2. The zero-order valence-electron chi connectivity index (χ0n) is 12.3. The van der Waals surface area contributed by atoms with Crippen molar-refractivity contribution in [3.8, 4) is 0 Å². The Morgan fingerprint density at radius 1 is 1.50 bits per heavy atom. The van der Waals surface area contributed by atoms with E-state index in [9.17, 15) is 4.79 Å². The Bertz CT molecular complexity index is 424. The summed E-state index contributed by atoms with van der Waals surface area (Å²) in [7, 11) is 0. The number of nitrogens with zero attached hydrogens (tertiary/aromatic N) is 4. The zero-order valence-corrected chi connectivity index (χ0v) is 12.3. The van der Waals surface area contributed by atoms with E-state index in [2.05, 4.69) is 39.7 Å². The first-order chi connectivity index (χ1) is 9.74. The molecule has 0 bridgehead atoms. The molecule has 2 N–H and O–H groups in total. The molecule has 0 unspecified atom stereocenters. The fourth-order valence-electron chi connectivity index (χ4n) is 2.15. The summed E-state index contributed by atoms with van der Waals surface area (Å²) in [4.78, 5) is 14.3. The molecular weight excluding hydrogens is 256 g/mol. The quantitative estimate of drug-likeness (QED) is 0.650. The lowest BCUT2D eigenvalue weighted by Crippen LogP contribution is -2.43. The molecule has 1 aliphatic rings. The molecule has 1 amide bonds. The van der Waals surface area contributed by atoms with Gasteiger partial charge in [-0.2, -0.15) is 0 Å². The molecular formula is C13H24N6O. The van der Waals surface area contributed by atoms with Crippen LogP contribution in [0.4, 0.5) is 0 Å². The highest BCUT2D eigenvalue weighted by Crippen LogP contribution is 2.09. The highest BCUT2D eigenvalue weighted by atomic mass is 16.2. The van der Waals surface area contributed by atoms with Crippen LogP contribution in [0.1, 0.15) is 36.8 Å². The Kier molecular flexibility index (Phi) is 5.49. The van der Waals surface area contributed by atoms with Gasteiger partial charge in [0.15, 0.2) is 5.69 Å². The average molecular weight is 280 g/mol. The van der Waals surface area contributed by atoms with Crippen LogP contribution < -0.4 is 10.6 Å². The second-order valence-corrected chi connectivity index (χ2v) is 5.03. The molecule has 112 valence electrons. The summed E-state index contributed by atoms with van der Waals surface area (Å²) >= 11 is 0. The highest BCUT2D eigenvalue weighted by Gasteiger charge is 2.21. The second kappa shape index (κ2) is 7.35. The number of carbonyl (C=O) groups is 1. The largest absolute Gasteiger partial charge is 0.351 e. The molecule has 20 heavy (non-hydrogen) atoms. The second-order valence-electron chi connectivity index (χ2n) is 5.03. The molecule has 1 aliphatic heterocycles. The van der Waals surface area contributed by atoms with E-state index in [0.29, 0.717) is 18.3 Å². The molecule has 7 heteroatoms. The number of amides is 1. The smallest absolute Gasteiger partial charge is 0.273 e. The topological polar surface area (TPSA) is 75.1 Å². The molecule has 1 fully saturated rings. The first-order valence-corrected chi connectivity index (χ1v) is 7.37. The molecule has 2 heterocycles. The van der Waals surface area contributed by atoms with Gasteiger partial charge in [-0.25, -0.2) is 4.68 Å². The van der Waals surface area contributed by atoms with Gasteiger partial charge in [0.05, 0.1) is 12.2 Å². The van der Waals surface area contributed by atoms with Crippen LogP contribution in [0.5, 0.6) is 0 Å². The van der Waals surface area contributed by atoms with Crippen LogP contribution in [0.25, 0.3) is 0 Å². The molecule has 1 aromatic heterocycles. The Hall–Kier alpha value is -1.47. The summed E-state index contributed by atoms with van der Waals surface area (Å²) in [6.07, 6.45) is 2.68. The van der Waals surface area contributed by atoms with Crippen molar-refractivity contribution in [1.82, 2.24) is 30.5 Å². The summed E-state index contributed by atoms with van der Waals surface area (Å²) < 4.78 is 1.77. The molecule has 7 nitrogen and oxygen atoms in total. The standard InChI is InChI=1S/C13H24N6O/c1-3-18(4-2)7-5-6-15-13(20)12-10-19(17-16-12)11-8-14-9-11/h10-11,14H,3-9H2,1-2H3,(H,15,20). The summed E-state index contributed by atoms with van der Waals surface area (Å²) in [5.74, 6) is -0.136. The molecule has 0 radical (unpaired) electrons. The van der Waals surface area contributed by atoms with Gasteiger partial charge >= 0.3 is 0 Å². The maximum Gasteiger partial charge on any atom is 0.273 e. The zero-order chi connectivity index (χ0) is 14.4. The van der Waals surface area contributed by atoms with Gasteiger partial charge < -0.3 is 15.5 Å². The molecule has 1 saturated heterocycles. The lowest BCUT2D eigenvalue weighted by molar-refractivity contribution is 0.0946. The van der Waals surface area contributed by atoms with Crippen molar-refractivity contribution in [2.75, 3.05) is 39.3 Å². The van der Waals surface area contributed by atoms with Crippen molar-refractivity contribution >= 4 is 5.91 Å². The number of hydrogen-bond acceptors (Lipinski definition) is 5. The predicted octanol–water partition coefficient (Wildman–Crippen LogP) is -0.116. The monoisotopic (exact) mass is 280 g/mol. The summed E-state index contributed by atoms with van der Waals surface area (Å²) in [6.45, 7) is 9.87. The molecule has 0 aliphatic carbocycles. The fraction of sp³-hybridized carbons (Fsp3) is 0.769. The fourth-order valence-corrected chi connectivity index (χ4v) is 2.15. The van der Waals surface area contributed by atoms with Crippen molar-refractivity contribution in [2.45, 2.75) is 26.3 Å². The van der Waals surface area contributed by atoms with Crippen LogP contribution in [0.2, 0.25) is 0 Å². The Labute approximate surface area is 119 Å². The third-order valence-corrected chi connectivity index (χ3v) is 3.71. The normalized spacial score (nSPS) is 15.3. The van der Waals surface area contributed by atoms with E-state index in [1.54, 1.807) is 10.9 Å². The van der Waals surface area contributed by atoms with E-state index in [4.69, 9.17) is 0 Å². The number of aromatic nitrogens is 3. The molecule has 0 spiro atoms. The lowest BCUT2D eigenvalue weighted by atomic mass is 10.2. The van der Waals surface area contributed by atoms with Crippen LogP contribution in [0.3, 0.4) is 0 Å². The Balaban J connectivity index is 1.70. The van der Waals surface area contributed by atoms with E-state index in [-0.39, 0.29) is 5.91 Å². The van der Waals surface area contributed by atoms with Crippen LogP contribution in [0.15, 0.2) is 6.20 Å². The van der Waals surface area contributed by atoms with Gasteiger partial charge in [0, 0.05) is 19.6 Å². The minimum atomic E-state index is -0.136. The first-order valence-electron chi connectivity index (χ1n) is 7.37. The summed E-state index contributed by atoms with van der Waals surface area (Å²) in [6, 6.07) is 0.340. The number of nitrogens with one attached hydrogen (secondary N) is 2. The summed E-state index contributed by atoms with van der Waals surface area (Å²) in [5.41, 5.74) is 0.403. The molecule has 1 aromatic rings. The van der Waals surface area contributed by atoms with Crippen molar-refractivity contribution in [3.05, 3.63) is 11.9 Å². The molecule has 2 rings (SSSR count). The van der Waals surface area contributed by atoms with Gasteiger partial charge in [0.1, 0.15) is 0 Å². The van der Waals surface area contributed by atoms with Gasteiger partial charge in [-0.3, -0.25) is 4.79 Å². The van der Waals surface area contributed by atoms with E-state index < -0.39 is 0 Å². The average Bonchev–Trinajstić information content (AvgIpc) is 2.86. The van der Waals surface area contributed by atoms with E-state index >= 15 is 0 Å². The lowest BCUT2D eigenvalue weighted by Gasteiger charge is -2.26. The Morgan fingerprint density at radius 3 is 2.85 bits per heavy atom. The van der Waals surface area contributed by atoms with Crippen molar-refractivity contribution in [3.63, 3.8) is 0 Å². The Morgan fingerprint density at radius 2 is 2.25 bits per heavy atom. The van der Waals surface area contributed by atoms with Gasteiger partial charge in [0.25, 0.3) is 5.91 Å². The van der Waals surface area contributed by atoms with Crippen LogP contribution in [-0.4, -0.2) is 65.1 Å². The number of rotatable bonds is 8. The van der Waals surface area contributed by atoms with Gasteiger partial charge in [0.2, 0.25) is 0 Å². The maximum absolute atomic E-state index is 11.9. The molecule has 0 saturated carbocycles. The van der Waals surface area contributed by atoms with Crippen molar-refractivity contribution < 1.29 is 4.79 Å². The van der Waals surface area contributed by atoms with E-state index in [1.165, 1.54) is 0 Å². The van der Waals surface area contributed by atoms with Gasteiger partial charge in [-0.05, 0) is 26.1 Å². The van der Waals surface area contributed by atoms with Crippen LogP contribution in [-0.2, 0) is 0 Å². The van der Waals surface area contributed by atoms with E-state index in [0.717, 1.165) is 39.1 Å². The molecule has 0 atom stereocenters. The van der Waals surface area contributed by atoms with Crippen LogP contribution in [0, 0.1) is 0 Å². The first kappa shape index (κ1) is 14.9. The number of carbonyl (C=O) groups excluding carboxylic acids is 1. The SMILES string of the molecule is CCN(CC)CCCNC(=O)c1cn(C2CNC2)nn1. The van der Waals surface area contributed by atoms with Crippen molar-refractivity contribution in [2.24, 2.45) is 0 Å².